The molecule has 1 saturated heterocycles. The van der Waals surface area contributed by atoms with Crippen LogP contribution in [-0.2, 0) is 0 Å². The van der Waals surface area contributed by atoms with Crippen molar-refractivity contribution in [2.45, 2.75) is 70.4 Å². The molecule has 1 aliphatic heterocycles. The minimum absolute atomic E-state index is 0.483. The van der Waals surface area contributed by atoms with E-state index in [-0.39, 0.29) is 0 Å². The van der Waals surface area contributed by atoms with Crippen molar-refractivity contribution in [3.8, 4) is 0 Å². The van der Waals surface area contributed by atoms with Crippen LogP contribution in [-0.4, -0.2) is 34.6 Å². The molecule has 0 spiro atoms. The highest BCUT2D eigenvalue weighted by molar-refractivity contribution is 8.07. The zero-order chi connectivity index (χ0) is 13.6. The summed E-state index contributed by atoms with van der Waals surface area (Å²) < 4.78 is 0. The van der Waals surface area contributed by atoms with E-state index in [4.69, 9.17) is 0 Å². The van der Waals surface area contributed by atoms with Gasteiger partial charge in [-0.15, -0.1) is 0 Å². The lowest BCUT2D eigenvalue weighted by molar-refractivity contribution is 0.340. The summed E-state index contributed by atoms with van der Waals surface area (Å²) in [6.07, 6.45) is 4.04. The maximum atomic E-state index is 3.73. The maximum Gasteiger partial charge on any atom is 0.0317 e. The molecule has 1 N–H and O–H groups in total. The Kier molecular flexibility index (Phi) is 7.48. The van der Waals surface area contributed by atoms with Crippen LogP contribution >= 0.6 is 23.5 Å². The van der Waals surface area contributed by atoms with Gasteiger partial charge in [-0.05, 0) is 24.8 Å². The topological polar surface area (TPSA) is 12.0 Å². The monoisotopic (exact) mass is 289 g/mol. The second kappa shape index (κ2) is 8.06. The zero-order valence-electron chi connectivity index (χ0n) is 12.8. The number of rotatable bonds is 6. The Hall–Kier alpha value is 0.660. The lowest BCUT2D eigenvalue weighted by Gasteiger charge is -2.35. The Balaban J connectivity index is 2.42. The number of hydrogen-bond donors (Lipinski definition) is 1. The van der Waals surface area contributed by atoms with Crippen molar-refractivity contribution in [3.05, 3.63) is 0 Å². The Bertz CT molecular complexity index is 225. The van der Waals surface area contributed by atoms with E-state index in [0.717, 1.165) is 17.0 Å². The molecule has 1 rings (SSSR count). The van der Waals surface area contributed by atoms with Crippen molar-refractivity contribution in [3.63, 3.8) is 0 Å². The SMILES string of the molecule is CCNC(CCCC(C)(C)C)C1SCCSC1C. The van der Waals surface area contributed by atoms with Crippen molar-refractivity contribution < 1.29 is 0 Å². The van der Waals surface area contributed by atoms with Gasteiger partial charge < -0.3 is 5.32 Å². The van der Waals surface area contributed by atoms with Gasteiger partial charge in [-0.2, -0.15) is 23.5 Å². The van der Waals surface area contributed by atoms with Crippen LogP contribution in [0, 0.1) is 5.41 Å². The highest BCUT2D eigenvalue weighted by Crippen LogP contribution is 2.35. The minimum Gasteiger partial charge on any atom is -0.313 e. The van der Waals surface area contributed by atoms with Crippen LogP contribution in [0.4, 0.5) is 0 Å². The van der Waals surface area contributed by atoms with Gasteiger partial charge in [0.2, 0.25) is 0 Å². The van der Waals surface area contributed by atoms with Crippen LogP contribution in [0.2, 0.25) is 0 Å². The molecule has 0 aliphatic carbocycles. The Morgan fingerprint density at radius 2 is 1.89 bits per heavy atom. The molecule has 18 heavy (non-hydrogen) atoms. The molecule has 3 unspecified atom stereocenters. The average Bonchev–Trinajstić information content (AvgIpc) is 2.27. The molecule has 3 atom stereocenters. The number of nitrogens with one attached hydrogen (secondary N) is 1. The maximum absolute atomic E-state index is 3.73. The van der Waals surface area contributed by atoms with Crippen molar-refractivity contribution >= 4 is 23.5 Å². The predicted octanol–water partition coefficient (Wildman–Crippen LogP) is 4.42. The summed E-state index contributed by atoms with van der Waals surface area (Å²) in [6.45, 7) is 12.8. The van der Waals surface area contributed by atoms with Crippen LogP contribution in [0.1, 0.15) is 53.9 Å². The normalized spacial score (nSPS) is 27.2. The minimum atomic E-state index is 0.483. The van der Waals surface area contributed by atoms with Gasteiger partial charge in [-0.3, -0.25) is 0 Å². The molecule has 1 fully saturated rings. The summed E-state index contributed by atoms with van der Waals surface area (Å²) in [5.74, 6) is 2.67. The van der Waals surface area contributed by atoms with Crippen molar-refractivity contribution in [2.24, 2.45) is 5.41 Å². The molecule has 108 valence electrons. The molecule has 0 aromatic heterocycles. The molecular formula is C15H31NS2. The molecular weight excluding hydrogens is 258 g/mol. The fourth-order valence-corrected chi connectivity index (χ4v) is 5.59. The molecule has 0 bridgehead atoms. The lowest BCUT2D eigenvalue weighted by Crippen LogP contribution is -2.44. The molecule has 3 heteroatoms. The van der Waals surface area contributed by atoms with Gasteiger partial charge in [-0.25, -0.2) is 0 Å². The fraction of sp³-hybridized carbons (Fsp3) is 1.00. The van der Waals surface area contributed by atoms with Gasteiger partial charge >= 0.3 is 0 Å². The molecule has 1 aliphatic rings. The number of thioether (sulfide) groups is 2. The van der Waals surface area contributed by atoms with E-state index >= 15 is 0 Å². The van der Waals surface area contributed by atoms with Gasteiger partial charge in [0.05, 0.1) is 0 Å². The molecule has 1 heterocycles. The van der Waals surface area contributed by atoms with E-state index in [0.29, 0.717) is 11.5 Å². The Morgan fingerprint density at radius 1 is 1.22 bits per heavy atom. The van der Waals surface area contributed by atoms with Gasteiger partial charge in [0.15, 0.2) is 0 Å². The highest BCUT2D eigenvalue weighted by Gasteiger charge is 2.29. The van der Waals surface area contributed by atoms with Crippen LogP contribution in [0.15, 0.2) is 0 Å². The average molecular weight is 290 g/mol. The van der Waals surface area contributed by atoms with Gasteiger partial charge in [-0.1, -0.05) is 41.0 Å². The summed E-state index contributed by atoms with van der Waals surface area (Å²) in [5, 5.41) is 5.35. The van der Waals surface area contributed by atoms with Crippen molar-refractivity contribution in [1.82, 2.24) is 5.32 Å². The van der Waals surface area contributed by atoms with Crippen molar-refractivity contribution in [2.75, 3.05) is 18.1 Å². The van der Waals surface area contributed by atoms with E-state index in [1.807, 2.05) is 0 Å². The summed E-state index contributed by atoms with van der Waals surface area (Å²) in [5.41, 5.74) is 0.483. The predicted molar refractivity (Wildman–Crippen MR) is 88.9 cm³/mol. The van der Waals surface area contributed by atoms with Gasteiger partial charge in [0.25, 0.3) is 0 Å². The standard InChI is InChI=1S/C15H31NS2/c1-6-16-13(8-7-9-15(3,4)5)14-12(2)17-10-11-18-14/h12-14,16H,6-11H2,1-5H3. The Labute approximate surface area is 123 Å². The van der Waals surface area contributed by atoms with Gasteiger partial charge in [0, 0.05) is 28.0 Å². The zero-order valence-corrected chi connectivity index (χ0v) is 14.4. The van der Waals surface area contributed by atoms with Crippen LogP contribution in [0.5, 0.6) is 0 Å². The number of hydrogen-bond acceptors (Lipinski definition) is 3. The van der Waals surface area contributed by atoms with Gasteiger partial charge in [0.1, 0.15) is 0 Å². The highest BCUT2D eigenvalue weighted by atomic mass is 32.2. The molecule has 1 nitrogen and oxygen atoms in total. The van der Waals surface area contributed by atoms with E-state index in [9.17, 15) is 0 Å². The summed E-state index contributed by atoms with van der Waals surface area (Å²) in [7, 11) is 0. The molecule has 0 saturated carbocycles. The van der Waals surface area contributed by atoms with Crippen LogP contribution in [0.25, 0.3) is 0 Å². The second-order valence-electron chi connectivity index (χ2n) is 6.53. The third-order valence-corrected chi connectivity index (χ3v) is 6.79. The summed E-state index contributed by atoms with van der Waals surface area (Å²) in [4.78, 5) is 0. The quantitative estimate of drug-likeness (QED) is 0.777. The smallest absolute Gasteiger partial charge is 0.0317 e. The van der Waals surface area contributed by atoms with Crippen LogP contribution < -0.4 is 5.32 Å². The molecule has 0 aromatic rings. The van der Waals surface area contributed by atoms with E-state index < -0.39 is 0 Å². The van der Waals surface area contributed by atoms with E-state index in [1.165, 1.54) is 30.8 Å². The Morgan fingerprint density at radius 3 is 2.44 bits per heavy atom. The third kappa shape index (κ3) is 6.21. The molecule has 0 radical (unpaired) electrons. The van der Waals surface area contributed by atoms with Crippen LogP contribution in [0.3, 0.4) is 0 Å². The first kappa shape index (κ1) is 16.7. The summed E-state index contributed by atoms with van der Waals surface area (Å²) in [6, 6.07) is 0.713. The molecule has 0 aromatic carbocycles. The van der Waals surface area contributed by atoms with E-state index in [1.54, 1.807) is 0 Å². The molecule has 0 amide bonds. The third-order valence-electron chi connectivity index (χ3n) is 3.54. The first-order chi connectivity index (χ1) is 8.44. The van der Waals surface area contributed by atoms with Crippen molar-refractivity contribution in [1.29, 1.82) is 0 Å². The second-order valence-corrected chi connectivity index (χ2v) is 9.30. The largest absolute Gasteiger partial charge is 0.313 e. The first-order valence-corrected chi connectivity index (χ1v) is 9.50. The fourth-order valence-electron chi connectivity index (χ4n) is 2.59. The first-order valence-electron chi connectivity index (χ1n) is 7.40. The summed E-state index contributed by atoms with van der Waals surface area (Å²) >= 11 is 4.35. The van der Waals surface area contributed by atoms with E-state index in [2.05, 4.69) is 63.5 Å². The lowest BCUT2D eigenvalue weighted by atomic mass is 9.88.